The highest BCUT2D eigenvalue weighted by atomic mass is 19.4. The lowest BCUT2D eigenvalue weighted by atomic mass is 9.68. The third kappa shape index (κ3) is 4.80. The van der Waals surface area contributed by atoms with Gasteiger partial charge in [0.2, 0.25) is 17.7 Å². The zero-order valence-corrected chi connectivity index (χ0v) is 23.1. The van der Waals surface area contributed by atoms with Crippen LogP contribution >= 0.6 is 0 Å². The Morgan fingerprint density at radius 3 is 2.40 bits per heavy atom. The minimum Gasteiger partial charge on any atom is -0.341 e. The van der Waals surface area contributed by atoms with Crippen molar-refractivity contribution in [2.75, 3.05) is 20.1 Å². The number of amides is 4. The van der Waals surface area contributed by atoms with Crippen LogP contribution in [0.2, 0.25) is 0 Å². The molecule has 1 spiro atoms. The number of hydrogen-bond acceptors (Lipinski definition) is 5. The average molecular weight is 588 g/mol. The maximum absolute atomic E-state index is 14.3. The van der Waals surface area contributed by atoms with Crippen molar-refractivity contribution in [2.24, 2.45) is 11.3 Å². The van der Waals surface area contributed by atoms with Crippen LogP contribution < -0.4 is 5.32 Å². The summed E-state index contributed by atoms with van der Waals surface area (Å²) >= 11 is 0. The normalized spacial score (nSPS) is 19.7. The van der Waals surface area contributed by atoms with E-state index in [2.05, 4.69) is 15.5 Å². The Kier molecular flexibility index (Phi) is 7.32. The van der Waals surface area contributed by atoms with Crippen LogP contribution in [0.1, 0.15) is 54.2 Å². The highest BCUT2D eigenvalue weighted by molar-refractivity contribution is 6.11. The molecule has 2 aromatic carbocycles. The van der Waals surface area contributed by atoms with E-state index in [1.165, 1.54) is 11.9 Å². The van der Waals surface area contributed by atoms with Gasteiger partial charge in [-0.2, -0.15) is 18.3 Å². The Bertz CT molecular complexity index is 1580. The molecule has 3 heterocycles. The number of piperidine rings is 1. The van der Waals surface area contributed by atoms with Gasteiger partial charge in [-0.3, -0.25) is 29.2 Å². The second-order valence-electron chi connectivity index (χ2n) is 11.2. The molecule has 5 rings (SSSR count). The fourth-order valence-electron chi connectivity index (χ4n) is 6.02. The molecule has 2 aliphatic heterocycles. The van der Waals surface area contributed by atoms with E-state index >= 15 is 0 Å². The van der Waals surface area contributed by atoms with Gasteiger partial charge >= 0.3 is 6.18 Å². The number of likely N-dealkylation sites (N-methyl/N-ethyl adjacent to an activating group) is 1. The standard InChI is InChI=1S/C29H29F4N5O4/c1-15(2)22(34-24(39)18-14-16(29(31,32)33)8-9-19(18)30)26(41)38-12-10-28(11-13-38)21(25(40)37(3)27(28)42)23-17-6-4-5-7-20(17)35-36-23/h4-9,14-15,21-22H,10-13H2,1-3H3,(H,34,39)(H,35,36)/t21?,22-/m1/s1. The Morgan fingerprint density at radius 2 is 1.76 bits per heavy atom. The van der Waals surface area contributed by atoms with Crippen LogP contribution in [0.5, 0.6) is 0 Å². The Balaban J connectivity index is 1.36. The van der Waals surface area contributed by atoms with Gasteiger partial charge in [0.25, 0.3) is 5.91 Å². The second-order valence-corrected chi connectivity index (χ2v) is 11.2. The van der Waals surface area contributed by atoms with Gasteiger partial charge in [-0.05, 0) is 43.0 Å². The first-order valence-electron chi connectivity index (χ1n) is 13.5. The van der Waals surface area contributed by atoms with Gasteiger partial charge in [-0.15, -0.1) is 0 Å². The molecule has 0 radical (unpaired) electrons. The summed E-state index contributed by atoms with van der Waals surface area (Å²) in [5.74, 6) is -4.86. The number of benzene rings is 2. The van der Waals surface area contributed by atoms with Gasteiger partial charge in [0, 0.05) is 25.5 Å². The summed E-state index contributed by atoms with van der Waals surface area (Å²) in [5.41, 5.74) is -1.95. The van der Waals surface area contributed by atoms with Crippen molar-refractivity contribution < 1.29 is 36.7 Å². The van der Waals surface area contributed by atoms with Crippen molar-refractivity contribution in [3.8, 4) is 0 Å². The van der Waals surface area contributed by atoms with Gasteiger partial charge in [0.15, 0.2) is 0 Å². The summed E-state index contributed by atoms with van der Waals surface area (Å²) in [4.78, 5) is 55.8. The molecule has 13 heteroatoms. The number of fused-ring (bicyclic) bond motifs is 1. The minimum absolute atomic E-state index is 0.0886. The SMILES string of the molecule is CC(C)[C@@H](NC(=O)c1cc(C(F)(F)F)ccc1F)C(=O)N1CCC2(CC1)C(=O)N(C)C(=O)C2c1[nH]nc2ccccc12. The lowest BCUT2D eigenvalue weighted by molar-refractivity contribution is -0.144. The van der Waals surface area contributed by atoms with Crippen molar-refractivity contribution in [1.82, 2.24) is 25.3 Å². The fraction of sp³-hybridized carbons (Fsp3) is 0.414. The molecule has 1 aromatic heterocycles. The number of halogens is 4. The van der Waals surface area contributed by atoms with Crippen molar-refractivity contribution in [3.63, 3.8) is 0 Å². The molecule has 2 saturated heterocycles. The predicted octanol–water partition coefficient (Wildman–Crippen LogP) is 3.87. The van der Waals surface area contributed by atoms with E-state index in [0.29, 0.717) is 29.4 Å². The minimum atomic E-state index is -4.78. The first-order valence-corrected chi connectivity index (χ1v) is 13.5. The van der Waals surface area contributed by atoms with E-state index in [1.807, 2.05) is 18.2 Å². The number of rotatable bonds is 5. The molecule has 222 valence electrons. The lowest BCUT2D eigenvalue weighted by Crippen LogP contribution is -2.55. The van der Waals surface area contributed by atoms with Crippen LogP contribution in [0.15, 0.2) is 42.5 Å². The van der Waals surface area contributed by atoms with Gasteiger partial charge in [-0.25, -0.2) is 4.39 Å². The first kappa shape index (κ1) is 29.2. The number of carbonyl (C=O) groups is 4. The van der Waals surface area contributed by atoms with E-state index in [0.717, 1.165) is 10.3 Å². The lowest BCUT2D eigenvalue weighted by Gasteiger charge is -2.41. The smallest absolute Gasteiger partial charge is 0.341 e. The van der Waals surface area contributed by atoms with Crippen molar-refractivity contribution in [3.05, 3.63) is 65.1 Å². The number of aromatic amines is 1. The van der Waals surface area contributed by atoms with Crippen LogP contribution in [-0.2, 0) is 20.6 Å². The fourth-order valence-corrected chi connectivity index (χ4v) is 6.02. The number of nitrogens with zero attached hydrogens (tertiary/aromatic N) is 3. The van der Waals surface area contributed by atoms with Crippen LogP contribution in [0.4, 0.5) is 17.6 Å². The molecule has 42 heavy (non-hydrogen) atoms. The quantitative estimate of drug-likeness (QED) is 0.348. The maximum Gasteiger partial charge on any atom is 0.416 e. The van der Waals surface area contributed by atoms with Crippen LogP contribution in [0, 0.1) is 17.2 Å². The average Bonchev–Trinajstić information content (AvgIpc) is 3.44. The van der Waals surface area contributed by atoms with Gasteiger partial charge in [-0.1, -0.05) is 32.0 Å². The number of H-pyrrole nitrogens is 1. The summed E-state index contributed by atoms with van der Waals surface area (Å²) in [6, 6.07) is 7.57. The highest BCUT2D eigenvalue weighted by Crippen LogP contribution is 2.51. The molecule has 2 N–H and O–H groups in total. The maximum atomic E-state index is 14.3. The molecule has 2 aliphatic rings. The molecule has 1 unspecified atom stereocenters. The van der Waals surface area contributed by atoms with Crippen LogP contribution in [-0.4, -0.2) is 69.8 Å². The number of alkyl halides is 3. The highest BCUT2D eigenvalue weighted by Gasteiger charge is 2.60. The summed E-state index contributed by atoms with van der Waals surface area (Å²) in [7, 11) is 1.43. The van der Waals surface area contributed by atoms with Gasteiger partial charge in [0.1, 0.15) is 11.9 Å². The Hall–Kier alpha value is -4.29. The number of likely N-dealkylation sites (tertiary alicyclic amines) is 2. The first-order chi connectivity index (χ1) is 19.8. The summed E-state index contributed by atoms with van der Waals surface area (Å²) in [6.45, 7) is 3.46. The predicted molar refractivity (Wildman–Crippen MR) is 142 cm³/mol. The number of para-hydroxylation sites is 1. The molecule has 3 aromatic rings. The second kappa shape index (κ2) is 10.5. The molecule has 0 saturated carbocycles. The van der Waals surface area contributed by atoms with Crippen molar-refractivity contribution in [1.29, 1.82) is 0 Å². The summed E-state index contributed by atoms with van der Waals surface area (Å²) in [6.07, 6.45) is -4.47. The molecule has 2 atom stereocenters. The van der Waals surface area contributed by atoms with E-state index < -0.39 is 58.2 Å². The number of carbonyl (C=O) groups excluding carboxylic acids is 4. The summed E-state index contributed by atoms with van der Waals surface area (Å²) in [5, 5.41) is 10.4. The monoisotopic (exact) mass is 587 g/mol. The van der Waals surface area contributed by atoms with E-state index in [-0.39, 0.29) is 37.7 Å². The van der Waals surface area contributed by atoms with E-state index in [9.17, 15) is 36.7 Å². The molecule has 0 bridgehead atoms. The van der Waals surface area contributed by atoms with Crippen LogP contribution in [0.25, 0.3) is 10.9 Å². The number of imide groups is 1. The Labute approximate surface area is 238 Å². The van der Waals surface area contributed by atoms with Crippen molar-refractivity contribution in [2.45, 2.75) is 44.8 Å². The molecule has 2 fully saturated rings. The van der Waals surface area contributed by atoms with Gasteiger partial charge in [0.05, 0.1) is 33.7 Å². The topological polar surface area (TPSA) is 115 Å². The zero-order valence-electron chi connectivity index (χ0n) is 23.1. The van der Waals surface area contributed by atoms with Crippen molar-refractivity contribution >= 4 is 34.5 Å². The Morgan fingerprint density at radius 1 is 1.10 bits per heavy atom. The summed E-state index contributed by atoms with van der Waals surface area (Å²) < 4.78 is 53.8. The van der Waals surface area contributed by atoms with Gasteiger partial charge < -0.3 is 10.2 Å². The number of nitrogens with one attached hydrogen (secondary N) is 2. The zero-order chi connectivity index (χ0) is 30.6. The van der Waals surface area contributed by atoms with E-state index in [4.69, 9.17) is 0 Å². The molecule has 4 amide bonds. The molecular weight excluding hydrogens is 558 g/mol. The largest absolute Gasteiger partial charge is 0.416 e. The number of aromatic nitrogens is 2. The molecule has 9 nitrogen and oxygen atoms in total. The number of hydrogen-bond donors (Lipinski definition) is 2. The molecular formula is C29H29F4N5O4. The third-order valence-electron chi connectivity index (χ3n) is 8.37. The molecule has 0 aliphatic carbocycles. The van der Waals surface area contributed by atoms with Crippen LogP contribution in [0.3, 0.4) is 0 Å². The van der Waals surface area contributed by atoms with E-state index in [1.54, 1.807) is 19.9 Å². The third-order valence-corrected chi connectivity index (χ3v) is 8.37.